The van der Waals surface area contributed by atoms with E-state index in [4.69, 9.17) is 4.74 Å². The summed E-state index contributed by atoms with van der Waals surface area (Å²) in [7, 11) is 1.58. The van der Waals surface area contributed by atoms with E-state index in [1.807, 2.05) is 12.1 Å². The maximum atomic E-state index is 9.74. The van der Waals surface area contributed by atoms with Gasteiger partial charge in [0.25, 0.3) is 0 Å². The lowest BCUT2D eigenvalue weighted by atomic mass is 10.1. The Morgan fingerprint density at radius 2 is 2.23 bits per heavy atom. The minimum Gasteiger partial charge on any atom is -0.504 e. The molecule has 0 aromatic heterocycles. The summed E-state index contributed by atoms with van der Waals surface area (Å²) < 4.78 is 5.04. The predicted octanol–water partition coefficient (Wildman–Crippen LogP) is 2.35. The molecule has 2 nitrogen and oxygen atoms in total. The molecule has 0 heterocycles. The number of phenols is 1. The van der Waals surface area contributed by atoms with Crippen LogP contribution in [0.25, 0.3) is 0 Å². The zero-order valence-corrected chi connectivity index (χ0v) is 7.79. The lowest BCUT2D eigenvalue weighted by Crippen LogP contribution is -1.90. The third kappa shape index (κ3) is 1.77. The maximum Gasteiger partial charge on any atom is 0.160 e. The molecule has 0 atom stereocenters. The summed E-state index contributed by atoms with van der Waals surface area (Å²) >= 11 is 0. The molecule has 1 aromatic carbocycles. The molecule has 1 aliphatic carbocycles. The Morgan fingerprint density at radius 1 is 1.46 bits per heavy atom. The number of methoxy groups -OCH3 is 1. The molecule has 1 N–H and O–H groups in total. The zero-order chi connectivity index (χ0) is 9.26. The van der Waals surface area contributed by atoms with Crippen LogP contribution in [0, 0.1) is 5.92 Å². The summed E-state index contributed by atoms with van der Waals surface area (Å²) in [4.78, 5) is 0. The Morgan fingerprint density at radius 3 is 2.85 bits per heavy atom. The molecule has 13 heavy (non-hydrogen) atoms. The zero-order valence-electron chi connectivity index (χ0n) is 7.79. The first-order chi connectivity index (χ1) is 6.31. The normalized spacial score (nSPS) is 15.8. The number of ether oxygens (including phenoxy) is 1. The highest BCUT2D eigenvalue weighted by atomic mass is 16.5. The van der Waals surface area contributed by atoms with Crippen LogP contribution in [-0.2, 0) is 6.42 Å². The Bertz CT molecular complexity index is 303. The van der Waals surface area contributed by atoms with Gasteiger partial charge >= 0.3 is 0 Å². The van der Waals surface area contributed by atoms with Gasteiger partial charge in [-0.3, -0.25) is 0 Å². The van der Waals surface area contributed by atoms with Gasteiger partial charge in [0.15, 0.2) is 11.5 Å². The van der Waals surface area contributed by atoms with Gasteiger partial charge in [-0.2, -0.15) is 0 Å². The van der Waals surface area contributed by atoms with E-state index >= 15 is 0 Å². The molecular formula is C11H14O2. The van der Waals surface area contributed by atoms with E-state index in [1.165, 1.54) is 12.8 Å². The van der Waals surface area contributed by atoms with Gasteiger partial charge in [-0.25, -0.2) is 0 Å². The van der Waals surface area contributed by atoms with E-state index in [9.17, 15) is 5.11 Å². The van der Waals surface area contributed by atoms with Crippen molar-refractivity contribution in [2.75, 3.05) is 7.11 Å². The molecule has 1 aliphatic rings. The Hall–Kier alpha value is -1.18. The number of phenolic OH excluding ortho intramolecular Hbond substituents is 1. The number of rotatable bonds is 3. The van der Waals surface area contributed by atoms with Crippen molar-refractivity contribution >= 4 is 0 Å². The highest BCUT2D eigenvalue weighted by Gasteiger charge is 2.23. The summed E-state index contributed by atoms with van der Waals surface area (Å²) in [5.74, 6) is 1.69. The quantitative estimate of drug-likeness (QED) is 0.769. The van der Waals surface area contributed by atoms with Crippen LogP contribution < -0.4 is 4.74 Å². The van der Waals surface area contributed by atoms with Gasteiger partial charge in [0, 0.05) is 0 Å². The highest BCUT2D eigenvalue weighted by Crippen LogP contribution is 2.37. The van der Waals surface area contributed by atoms with Gasteiger partial charge in [0.1, 0.15) is 0 Å². The first-order valence-corrected chi connectivity index (χ1v) is 4.66. The average molecular weight is 178 g/mol. The lowest BCUT2D eigenvalue weighted by molar-refractivity contribution is 0.370. The third-order valence-corrected chi connectivity index (χ3v) is 2.51. The van der Waals surface area contributed by atoms with E-state index in [0.29, 0.717) is 11.5 Å². The highest BCUT2D eigenvalue weighted by molar-refractivity contribution is 5.45. The van der Waals surface area contributed by atoms with Crippen LogP contribution in [0.3, 0.4) is 0 Å². The van der Waals surface area contributed by atoms with E-state index in [-0.39, 0.29) is 0 Å². The molecule has 0 saturated heterocycles. The average Bonchev–Trinajstić information content (AvgIpc) is 2.92. The molecule has 70 valence electrons. The van der Waals surface area contributed by atoms with Gasteiger partial charge in [-0.1, -0.05) is 12.1 Å². The van der Waals surface area contributed by atoms with Crippen LogP contribution in [-0.4, -0.2) is 12.2 Å². The third-order valence-electron chi connectivity index (χ3n) is 2.51. The summed E-state index contributed by atoms with van der Waals surface area (Å²) in [5, 5.41) is 9.74. The van der Waals surface area contributed by atoms with Gasteiger partial charge < -0.3 is 9.84 Å². The summed E-state index contributed by atoms with van der Waals surface area (Å²) in [6, 6.07) is 5.68. The topological polar surface area (TPSA) is 29.5 Å². The molecule has 1 aromatic rings. The number of hydrogen-bond donors (Lipinski definition) is 1. The van der Waals surface area contributed by atoms with Gasteiger partial charge in [-0.05, 0) is 36.8 Å². The summed E-state index contributed by atoms with van der Waals surface area (Å²) in [6.45, 7) is 0. The molecule has 0 spiro atoms. The second kappa shape index (κ2) is 3.29. The summed E-state index contributed by atoms with van der Waals surface area (Å²) in [5.41, 5.74) is 1.02. The molecule has 0 radical (unpaired) electrons. The van der Waals surface area contributed by atoms with E-state index in [2.05, 4.69) is 0 Å². The van der Waals surface area contributed by atoms with Gasteiger partial charge in [-0.15, -0.1) is 0 Å². The van der Waals surface area contributed by atoms with Crippen LogP contribution in [0.15, 0.2) is 18.2 Å². The Labute approximate surface area is 78.2 Å². The minimum atomic E-state index is 0.317. The summed E-state index contributed by atoms with van der Waals surface area (Å²) in [6.07, 6.45) is 3.59. The van der Waals surface area contributed by atoms with Crippen LogP contribution in [0.2, 0.25) is 0 Å². The number of para-hydroxylation sites is 1. The fraction of sp³-hybridized carbons (Fsp3) is 0.455. The van der Waals surface area contributed by atoms with Crippen LogP contribution in [0.1, 0.15) is 18.4 Å². The van der Waals surface area contributed by atoms with Crippen molar-refractivity contribution in [2.24, 2.45) is 5.92 Å². The van der Waals surface area contributed by atoms with Crippen molar-refractivity contribution in [3.8, 4) is 11.5 Å². The van der Waals surface area contributed by atoms with Crippen molar-refractivity contribution in [1.29, 1.82) is 0 Å². The van der Waals surface area contributed by atoms with Crippen molar-refractivity contribution in [2.45, 2.75) is 19.3 Å². The van der Waals surface area contributed by atoms with E-state index in [0.717, 1.165) is 17.9 Å². The second-order valence-corrected chi connectivity index (χ2v) is 3.62. The molecule has 0 unspecified atom stereocenters. The van der Waals surface area contributed by atoms with Crippen LogP contribution in [0.5, 0.6) is 11.5 Å². The fourth-order valence-corrected chi connectivity index (χ4v) is 1.53. The van der Waals surface area contributed by atoms with Crippen LogP contribution >= 0.6 is 0 Å². The smallest absolute Gasteiger partial charge is 0.160 e. The van der Waals surface area contributed by atoms with Crippen molar-refractivity contribution in [3.63, 3.8) is 0 Å². The van der Waals surface area contributed by atoms with Gasteiger partial charge in [0.05, 0.1) is 7.11 Å². The largest absolute Gasteiger partial charge is 0.504 e. The lowest BCUT2D eigenvalue weighted by Gasteiger charge is -2.07. The minimum absolute atomic E-state index is 0.317. The number of aromatic hydroxyl groups is 1. The standard InChI is InChI=1S/C11H14O2/c1-13-10-4-2-3-9(11(10)12)7-8-5-6-8/h2-4,8,12H,5-7H2,1H3. The van der Waals surface area contributed by atoms with Crippen molar-refractivity contribution in [3.05, 3.63) is 23.8 Å². The monoisotopic (exact) mass is 178 g/mol. The van der Waals surface area contributed by atoms with E-state index in [1.54, 1.807) is 13.2 Å². The van der Waals surface area contributed by atoms with Gasteiger partial charge in [0.2, 0.25) is 0 Å². The SMILES string of the molecule is COc1cccc(CC2CC2)c1O. The first kappa shape index (κ1) is 8.42. The first-order valence-electron chi connectivity index (χ1n) is 4.66. The molecular weight excluding hydrogens is 164 g/mol. The fourth-order valence-electron chi connectivity index (χ4n) is 1.53. The molecule has 2 heteroatoms. The van der Waals surface area contributed by atoms with Crippen LogP contribution in [0.4, 0.5) is 0 Å². The molecule has 2 rings (SSSR count). The Kier molecular flexibility index (Phi) is 2.13. The molecule has 0 bridgehead atoms. The maximum absolute atomic E-state index is 9.74. The van der Waals surface area contributed by atoms with Crippen molar-refractivity contribution < 1.29 is 9.84 Å². The number of hydrogen-bond acceptors (Lipinski definition) is 2. The van der Waals surface area contributed by atoms with Crippen molar-refractivity contribution in [1.82, 2.24) is 0 Å². The molecule has 1 fully saturated rings. The number of benzene rings is 1. The predicted molar refractivity (Wildman–Crippen MR) is 51.1 cm³/mol. The molecule has 0 amide bonds. The van der Waals surface area contributed by atoms with E-state index < -0.39 is 0 Å². The molecule has 1 saturated carbocycles. The molecule has 0 aliphatic heterocycles. The Balaban J connectivity index is 2.22. The second-order valence-electron chi connectivity index (χ2n) is 3.62.